The second-order valence-electron chi connectivity index (χ2n) is 2.09. The Kier molecular flexibility index (Phi) is 1.42. The van der Waals surface area contributed by atoms with Gasteiger partial charge in [-0.15, -0.1) is 9.73 Å². The summed E-state index contributed by atoms with van der Waals surface area (Å²) in [5.74, 6) is 0. The second-order valence-corrected chi connectivity index (χ2v) is 2.47. The predicted molar refractivity (Wildman–Crippen MR) is 40.5 cm³/mol. The first-order valence-corrected chi connectivity index (χ1v) is 3.46. The molecule has 0 saturated heterocycles. The molecule has 0 fully saturated rings. The fourth-order valence-corrected chi connectivity index (χ4v) is 1.06. The molecule has 2 rings (SSSR count). The molecule has 0 bridgehead atoms. The van der Waals surface area contributed by atoms with Gasteiger partial charge in [-0.05, 0) is 5.21 Å². The Morgan fingerprint density at radius 3 is 3.08 bits per heavy atom. The minimum Gasteiger partial charge on any atom is -0.192 e. The normalized spacial score (nSPS) is 10.0. The van der Waals surface area contributed by atoms with Gasteiger partial charge in [-0.1, -0.05) is 11.6 Å². The van der Waals surface area contributed by atoms with Crippen LogP contribution in [0.15, 0.2) is 12.4 Å². The molecule has 2 aromatic rings. The van der Waals surface area contributed by atoms with Crippen LogP contribution in [-0.4, -0.2) is 20.0 Å². The van der Waals surface area contributed by atoms with Gasteiger partial charge in [-0.2, -0.15) is 10.4 Å². The zero-order valence-corrected chi connectivity index (χ0v) is 6.52. The van der Waals surface area contributed by atoms with E-state index in [0.29, 0.717) is 16.1 Å². The molecule has 0 atom stereocenters. The number of nitrogens with zero attached hydrogens (tertiary/aromatic N) is 5. The predicted octanol–water partition coefficient (Wildman–Crippen LogP) is 0.649. The van der Waals surface area contributed by atoms with Crippen LogP contribution in [0.4, 0.5) is 0 Å². The number of rotatable bonds is 0. The minimum absolute atomic E-state index is 0.325. The van der Waals surface area contributed by atoms with Gasteiger partial charge in [0.05, 0.1) is 23.0 Å². The number of fused-ring (bicyclic) bond motifs is 1. The third kappa shape index (κ3) is 0.822. The summed E-state index contributed by atoms with van der Waals surface area (Å²) in [6.07, 6.45) is 2.81. The van der Waals surface area contributed by atoms with Gasteiger partial charge < -0.3 is 0 Å². The highest BCUT2D eigenvalue weighted by Crippen LogP contribution is 2.18. The Hall–Kier alpha value is -1.67. The van der Waals surface area contributed by atoms with Gasteiger partial charge in [0.2, 0.25) is 0 Å². The molecule has 5 nitrogen and oxygen atoms in total. The molecule has 12 heavy (non-hydrogen) atoms. The number of halogens is 1. The smallest absolute Gasteiger partial charge is 0.128 e. The van der Waals surface area contributed by atoms with E-state index in [1.54, 1.807) is 0 Å². The highest BCUT2D eigenvalue weighted by atomic mass is 35.5. The second kappa shape index (κ2) is 2.43. The van der Waals surface area contributed by atoms with Crippen molar-refractivity contribution in [1.82, 2.24) is 20.0 Å². The van der Waals surface area contributed by atoms with Gasteiger partial charge in [0.15, 0.2) is 0 Å². The highest BCUT2D eigenvalue weighted by Gasteiger charge is 2.06. The van der Waals surface area contributed by atoms with Crippen LogP contribution in [-0.2, 0) is 0 Å². The van der Waals surface area contributed by atoms with Crippen LogP contribution in [0.2, 0.25) is 5.02 Å². The highest BCUT2D eigenvalue weighted by molar-refractivity contribution is 6.34. The molecule has 2 aromatic heterocycles. The third-order valence-electron chi connectivity index (χ3n) is 1.41. The molecule has 2 heterocycles. The van der Waals surface area contributed by atoms with Crippen molar-refractivity contribution in [1.29, 1.82) is 5.26 Å². The summed E-state index contributed by atoms with van der Waals surface area (Å²) in [7, 11) is 0. The summed E-state index contributed by atoms with van der Waals surface area (Å²) in [6.45, 7) is 0. The van der Waals surface area contributed by atoms with E-state index in [9.17, 15) is 0 Å². The van der Waals surface area contributed by atoms with E-state index in [2.05, 4.69) is 15.4 Å². The lowest BCUT2D eigenvalue weighted by Crippen LogP contribution is -1.95. The topological polar surface area (TPSA) is 66.9 Å². The van der Waals surface area contributed by atoms with E-state index in [0.717, 1.165) is 0 Å². The maximum absolute atomic E-state index is 8.59. The van der Waals surface area contributed by atoms with Crippen LogP contribution in [0, 0.1) is 11.3 Å². The Morgan fingerprint density at radius 2 is 2.33 bits per heavy atom. The molecule has 0 saturated carbocycles. The first-order valence-electron chi connectivity index (χ1n) is 3.08. The molecule has 0 aliphatic carbocycles. The summed E-state index contributed by atoms with van der Waals surface area (Å²) in [4.78, 5) is 0. The SMILES string of the molecule is N#Cc1cnn2nncc2c1Cl. The third-order valence-corrected chi connectivity index (χ3v) is 1.81. The molecule has 0 N–H and O–H groups in total. The van der Waals surface area contributed by atoms with E-state index in [4.69, 9.17) is 16.9 Å². The number of hydrogen-bond acceptors (Lipinski definition) is 4. The lowest BCUT2D eigenvalue weighted by molar-refractivity contribution is 0.742. The molecule has 0 aliphatic heterocycles. The molecule has 0 unspecified atom stereocenters. The maximum Gasteiger partial charge on any atom is 0.128 e. The summed E-state index contributed by atoms with van der Waals surface area (Å²) in [5.41, 5.74) is 0.863. The molecular formula is C6H2ClN5. The van der Waals surface area contributed by atoms with Crippen molar-refractivity contribution < 1.29 is 0 Å². The van der Waals surface area contributed by atoms with Crippen molar-refractivity contribution in [3.63, 3.8) is 0 Å². The van der Waals surface area contributed by atoms with E-state index in [-0.39, 0.29) is 0 Å². The molecule has 0 aliphatic rings. The Balaban J connectivity index is 2.89. The fourth-order valence-electron chi connectivity index (χ4n) is 0.844. The van der Waals surface area contributed by atoms with Crippen molar-refractivity contribution in [3.8, 4) is 6.07 Å². The Labute approximate surface area is 72.2 Å². The maximum atomic E-state index is 8.59. The van der Waals surface area contributed by atoms with Crippen LogP contribution in [0.1, 0.15) is 5.56 Å². The average molecular weight is 180 g/mol. The summed E-state index contributed by atoms with van der Waals surface area (Å²) < 4.78 is 1.27. The van der Waals surface area contributed by atoms with Crippen LogP contribution in [0.5, 0.6) is 0 Å². The Bertz CT molecular complexity index is 468. The molecule has 0 radical (unpaired) electrons. The summed E-state index contributed by atoms with van der Waals surface area (Å²) in [5, 5.41) is 19.9. The molecular weight excluding hydrogens is 178 g/mol. The van der Waals surface area contributed by atoms with Gasteiger partial charge in [-0.25, -0.2) is 0 Å². The lowest BCUT2D eigenvalue weighted by Gasteiger charge is -1.93. The number of nitriles is 1. The van der Waals surface area contributed by atoms with Crippen LogP contribution < -0.4 is 0 Å². The van der Waals surface area contributed by atoms with Gasteiger partial charge in [0, 0.05) is 0 Å². The standard InChI is InChI=1S/C6H2ClN5/c7-6-4(1-8)2-10-12-5(6)3-9-11-12/h2-3H. The minimum atomic E-state index is 0.325. The number of aromatic nitrogens is 4. The van der Waals surface area contributed by atoms with Gasteiger partial charge in [0.1, 0.15) is 11.6 Å². The monoisotopic (exact) mass is 179 g/mol. The van der Waals surface area contributed by atoms with Gasteiger partial charge >= 0.3 is 0 Å². The molecule has 58 valence electrons. The molecule has 0 spiro atoms. The first-order chi connectivity index (χ1) is 5.83. The summed E-state index contributed by atoms with van der Waals surface area (Å²) in [6, 6.07) is 1.91. The van der Waals surface area contributed by atoms with Crippen molar-refractivity contribution >= 4 is 17.1 Å². The number of hydrogen-bond donors (Lipinski definition) is 0. The van der Waals surface area contributed by atoms with Crippen molar-refractivity contribution in [3.05, 3.63) is 23.0 Å². The Morgan fingerprint density at radius 1 is 1.50 bits per heavy atom. The van der Waals surface area contributed by atoms with E-state index in [1.165, 1.54) is 17.0 Å². The zero-order valence-electron chi connectivity index (χ0n) is 5.77. The first kappa shape index (κ1) is 7.00. The van der Waals surface area contributed by atoms with Crippen LogP contribution >= 0.6 is 11.6 Å². The zero-order chi connectivity index (χ0) is 8.55. The molecule has 0 aromatic carbocycles. The van der Waals surface area contributed by atoms with Gasteiger partial charge in [0.25, 0.3) is 0 Å². The van der Waals surface area contributed by atoms with E-state index < -0.39 is 0 Å². The van der Waals surface area contributed by atoms with E-state index in [1.807, 2.05) is 6.07 Å². The molecule has 0 amide bonds. The largest absolute Gasteiger partial charge is 0.192 e. The van der Waals surface area contributed by atoms with Crippen LogP contribution in [0.25, 0.3) is 5.52 Å². The van der Waals surface area contributed by atoms with Crippen molar-refractivity contribution in [2.75, 3.05) is 0 Å². The average Bonchev–Trinajstić information content (AvgIpc) is 2.53. The van der Waals surface area contributed by atoms with E-state index >= 15 is 0 Å². The quantitative estimate of drug-likeness (QED) is 0.596. The molecule has 6 heteroatoms. The van der Waals surface area contributed by atoms with Crippen molar-refractivity contribution in [2.45, 2.75) is 0 Å². The lowest BCUT2D eigenvalue weighted by atomic mass is 10.3. The summed E-state index contributed by atoms with van der Waals surface area (Å²) >= 11 is 5.82. The van der Waals surface area contributed by atoms with Crippen molar-refractivity contribution in [2.24, 2.45) is 0 Å². The van der Waals surface area contributed by atoms with Crippen LogP contribution in [0.3, 0.4) is 0 Å². The van der Waals surface area contributed by atoms with Gasteiger partial charge in [-0.3, -0.25) is 0 Å². The fraction of sp³-hybridized carbons (Fsp3) is 0.